The average Bonchev–Trinajstić information content (AvgIpc) is 2.49. The van der Waals surface area contributed by atoms with Gasteiger partial charge in [0.25, 0.3) is 5.91 Å². The number of hydrogen-bond acceptors (Lipinski definition) is 3. The molecule has 6 heteroatoms. The summed E-state index contributed by atoms with van der Waals surface area (Å²) >= 11 is 3.05. The van der Waals surface area contributed by atoms with Crippen LogP contribution >= 0.6 is 15.9 Å². The standard InChI is InChI=1S/C15H14BrFN2O2/c16-13-3-1-2-12(14(13)17)15(20)19-10-4-6-11(7-5-10)21-9-8-18/h1-7H,8-9,18H2,(H,19,20). The Morgan fingerprint density at radius 2 is 1.95 bits per heavy atom. The Bertz CT molecular complexity index is 632. The summed E-state index contributed by atoms with van der Waals surface area (Å²) in [6.45, 7) is 0.857. The Labute approximate surface area is 130 Å². The van der Waals surface area contributed by atoms with Crippen LogP contribution in [-0.2, 0) is 0 Å². The van der Waals surface area contributed by atoms with E-state index in [1.165, 1.54) is 12.1 Å². The first-order valence-corrected chi connectivity index (χ1v) is 7.09. The van der Waals surface area contributed by atoms with Gasteiger partial charge in [-0.05, 0) is 52.3 Å². The van der Waals surface area contributed by atoms with Crippen molar-refractivity contribution in [2.45, 2.75) is 0 Å². The monoisotopic (exact) mass is 352 g/mol. The third kappa shape index (κ3) is 4.03. The average molecular weight is 353 g/mol. The third-order valence-electron chi connectivity index (χ3n) is 2.69. The number of amides is 1. The lowest BCUT2D eigenvalue weighted by molar-refractivity contribution is 0.102. The van der Waals surface area contributed by atoms with Crippen molar-refractivity contribution in [1.29, 1.82) is 0 Å². The van der Waals surface area contributed by atoms with E-state index in [2.05, 4.69) is 21.2 Å². The van der Waals surface area contributed by atoms with Crippen LogP contribution in [0.15, 0.2) is 46.9 Å². The molecule has 0 fully saturated rings. The number of rotatable bonds is 5. The summed E-state index contributed by atoms with van der Waals surface area (Å²) < 4.78 is 19.4. The Balaban J connectivity index is 2.07. The molecule has 21 heavy (non-hydrogen) atoms. The van der Waals surface area contributed by atoms with Gasteiger partial charge in [0.1, 0.15) is 18.2 Å². The molecule has 0 saturated carbocycles. The van der Waals surface area contributed by atoms with Gasteiger partial charge in [0.15, 0.2) is 0 Å². The van der Waals surface area contributed by atoms with E-state index >= 15 is 0 Å². The summed E-state index contributed by atoms with van der Waals surface area (Å²) in [5.74, 6) is -0.436. The van der Waals surface area contributed by atoms with E-state index in [1.54, 1.807) is 30.3 Å². The van der Waals surface area contributed by atoms with E-state index in [1.807, 2.05) is 0 Å². The number of nitrogens with one attached hydrogen (secondary N) is 1. The molecule has 0 aliphatic rings. The molecule has 0 heterocycles. The molecule has 3 N–H and O–H groups in total. The van der Waals surface area contributed by atoms with Gasteiger partial charge in [-0.3, -0.25) is 4.79 Å². The number of carbonyl (C=O) groups excluding carboxylic acids is 1. The van der Waals surface area contributed by atoms with E-state index < -0.39 is 11.7 Å². The maximum atomic E-state index is 13.8. The highest BCUT2D eigenvalue weighted by molar-refractivity contribution is 9.10. The predicted molar refractivity (Wildman–Crippen MR) is 83.0 cm³/mol. The third-order valence-corrected chi connectivity index (χ3v) is 3.31. The van der Waals surface area contributed by atoms with Gasteiger partial charge in [-0.2, -0.15) is 0 Å². The normalized spacial score (nSPS) is 10.2. The van der Waals surface area contributed by atoms with Gasteiger partial charge in [0.05, 0.1) is 10.0 Å². The second-order valence-corrected chi connectivity index (χ2v) is 5.07. The molecule has 0 saturated heterocycles. The lowest BCUT2D eigenvalue weighted by Crippen LogP contribution is -2.14. The van der Waals surface area contributed by atoms with Gasteiger partial charge < -0.3 is 15.8 Å². The smallest absolute Gasteiger partial charge is 0.258 e. The van der Waals surface area contributed by atoms with Crippen molar-refractivity contribution in [2.75, 3.05) is 18.5 Å². The van der Waals surface area contributed by atoms with Crippen LogP contribution in [0.3, 0.4) is 0 Å². The quantitative estimate of drug-likeness (QED) is 0.868. The summed E-state index contributed by atoms with van der Waals surface area (Å²) in [7, 11) is 0. The molecule has 0 unspecified atom stereocenters. The molecule has 0 atom stereocenters. The Hall–Kier alpha value is -1.92. The molecule has 0 aliphatic carbocycles. The Kier molecular flexibility index (Phi) is 5.30. The second-order valence-electron chi connectivity index (χ2n) is 4.22. The molecule has 1 amide bonds. The van der Waals surface area contributed by atoms with Crippen LogP contribution in [0.1, 0.15) is 10.4 Å². The summed E-state index contributed by atoms with van der Waals surface area (Å²) in [4.78, 5) is 12.0. The molecule has 2 aromatic carbocycles. The van der Waals surface area contributed by atoms with E-state index in [-0.39, 0.29) is 10.0 Å². The van der Waals surface area contributed by atoms with E-state index in [9.17, 15) is 9.18 Å². The first kappa shape index (κ1) is 15.5. The van der Waals surface area contributed by atoms with Crippen molar-refractivity contribution >= 4 is 27.5 Å². The molecule has 0 bridgehead atoms. The number of anilines is 1. The molecule has 4 nitrogen and oxygen atoms in total. The van der Waals surface area contributed by atoms with Crippen molar-refractivity contribution < 1.29 is 13.9 Å². The zero-order valence-electron chi connectivity index (χ0n) is 11.1. The van der Waals surface area contributed by atoms with Gasteiger partial charge in [0, 0.05) is 12.2 Å². The SMILES string of the molecule is NCCOc1ccc(NC(=O)c2cccc(Br)c2F)cc1. The van der Waals surface area contributed by atoms with Crippen LogP contribution < -0.4 is 15.8 Å². The number of ether oxygens (including phenoxy) is 1. The van der Waals surface area contributed by atoms with E-state index in [0.29, 0.717) is 24.6 Å². The van der Waals surface area contributed by atoms with Crippen molar-refractivity contribution in [3.05, 3.63) is 58.3 Å². The topological polar surface area (TPSA) is 64.3 Å². The number of hydrogen-bond donors (Lipinski definition) is 2. The highest BCUT2D eigenvalue weighted by atomic mass is 79.9. The molecule has 0 aliphatic heterocycles. The van der Waals surface area contributed by atoms with Gasteiger partial charge in [-0.1, -0.05) is 6.07 Å². The molecule has 0 spiro atoms. The Morgan fingerprint density at radius 1 is 1.24 bits per heavy atom. The highest BCUT2D eigenvalue weighted by Gasteiger charge is 2.13. The van der Waals surface area contributed by atoms with Crippen LogP contribution in [0, 0.1) is 5.82 Å². The summed E-state index contributed by atoms with van der Waals surface area (Å²) in [6.07, 6.45) is 0. The molecule has 2 rings (SSSR count). The number of halogens is 2. The molecular weight excluding hydrogens is 339 g/mol. The minimum absolute atomic E-state index is 0.0205. The first-order valence-electron chi connectivity index (χ1n) is 6.30. The van der Waals surface area contributed by atoms with Crippen LogP contribution in [-0.4, -0.2) is 19.1 Å². The maximum Gasteiger partial charge on any atom is 0.258 e. The fourth-order valence-electron chi connectivity index (χ4n) is 1.69. The summed E-state index contributed by atoms with van der Waals surface area (Å²) in [5, 5.41) is 2.63. The zero-order valence-corrected chi connectivity index (χ0v) is 12.7. The second kappa shape index (κ2) is 7.19. The van der Waals surface area contributed by atoms with Crippen LogP contribution in [0.4, 0.5) is 10.1 Å². The first-order chi connectivity index (χ1) is 10.1. The lowest BCUT2D eigenvalue weighted by atomic mass is 10.2. The van der Waals surface area contributed by atoms with Crippen LogP contribution in [0.2, 0.25) is 0 Å². The number of nitrogens with two attached hydrogens (primary N) is 1. The van der Waals surface area contributed by atoms with Crippen molar-refractivity contribution in [1.82, 2.24) is 0 Å². The molecular formula is C15H14BrFN2O2. The molecule has 0 aromatic heterocycles. The zero-order chi connectivity index (χ0) is 15.2. The van der Waals surface area contributed by atoms with E-state index in [0.717, 1.165) is 0 Å². The fourth-order valence-corrected chi connectivity index (χ4v) is 2.06. The molecule has 110 valence electrons. The Morgan fingerprint density at radius 3 is 2.62 bits per heavy atom. The van der Waals surface area contributed by atoms with Gasteiger partial charge in [-0.25, -0.2) is 4.39 Å². The fraction of sp³-hybridized carbons (Fsp3) is 0.133. The molecule has 0 radical (unpaired) electrons. The number of carbonyl (C=O) groups is 1. The summed E-state index contributed by atoms with van der Waals surface area (Å²) in [6, 6.07) is 11.3. The minimum Gasteiger partial charge on any atom is -0.492 e. The van der Waals surface area contributed by atoms with Crippen LogP contribution in [0.25, 0.3) is 0 Å². The highest BCUT2D eigenvalue weighted by Crippen LogP contribution is 2.21. The minimum atomic E-state index is -0.585. The van der Waals surface area contributed by atoms with E-state index in [4.69, 9.17) is 10.5 Å². The number of benzene rings is 2. The van der Waals surface area contributed by atoms with Gasteiger partial charge in [-0.15, -0.1) is 0 Å². The van der Waals surface area contributed by atoms with Crippen molar-refractivity contribution in [2.24, 2.45) is 5.73 Å². The summed E-state index contributed by atoms with van der Waals surface area (Å²) in [5.41, 5.74) is 5.88. The maximum absolute atomic E-state index is 13.8. The van der Waals surface area contributed by atoms with Crippen LogP contribution in [0.5, 0.6) is 5.75 Å². The van der Waals surface area contributed by atoms with Crippen molar-refractivity contribution in [3.8, 4) is 5.75 Å². The predicted octanol–water partition coefficient (Wildman–Crippen LogP) is 3.18. The van der Waals surface area contributed by atoms with Gasteiger partial charge >= 0.3 is 0 Å². The molecule has 2 aromatic rings. The lowest BCUT2D eigenvalue weighted by Gasteiger charge is -2.08. The largest absolute Gasteiger partial charge is 0.492 e. The van der Waals surface area contributed by atoms with Gasteiger partial charge in [0.2, 0.25) is 0 Å². The van der Waals surface area contributed by atoms with Crippen molar-refractivity contribution in [3.63, 3.8) is 0 Å².